The van der Waals surface area contributed by atoms with Gasteiger partial charge in [-0.3, -0.25) is 4.79 Å². The van der Waals surface area contributed by atoms with E-state index >= 15 is 0 Å². The van der Waals surface area contributed by atoms with Crippen LogP contribution in [0.5, 0.6) is 0 Å². The number of carbonyl (C=O) groups excluding carboxylic acids is 1. The zero-order valence-electron chi connectivity index (χ0n) is 3.93. The van der Waals surface area contributed by atoms with Gasteiger partial charge >= 0.3 is 0 Å². The molecule has 0 radical (unpaired) electrons. The zero-order chi connectivity index (χ0) is 5.98. The van der Waals surface area contributed by atoms with E-state index in [1.54, 1.807) is 0 Å². The summed E-state index contributed by atoms with van der Waals surface area (Å²) in [5, 5.41) is 0. The Morgan fingerprint density at radius 2 is 2.38 bits per heavy atom. The molecule has 0 atom stereocenters. The average molecular weight is 114 g/mol. The first-order chi connectivity index (χ1) is 3.83. The van der Waals surface area contributed by atoms with Gasteiger partial charge in [0.15, 0.2) is 12.0 Å². The molecule has 1 heterocycles. The fourth-order valence-corrected chi connectivity index (χ4v) is 0.392. The minimum absolute atomic E-state index is 0.0162. The maximum atomic E-state index is 11.8. The van der Waals surface area contributed by atoms with Gasteiger partial charge in [0.05, 0.1) is 0 Å². The van der Waals surface area contributed by atoms with Crippen LogP contribution in [0.2, 0.25) is 0 Å². The van der Waals surface area contributed by atoms with Crippen LogP contribution < -0.4 is 0 Å². The lowest BCUT2D eigenvalue weighted by Crippen LogP contribution is -1.66. The normalized spacial score (nSPS) is 9.12. The fraction of sp³-hybridized carbons (Fsp3) is 0. The number of aldehydes is 1. The van der Waals surface area contributed by atoms with Crippen LogP contribution in [-0.2, 0) is 0 Å². The lowest BCUT2D eigenvalue weighted by molar-refractivity contribution is 0.109. The molecule has 0 saturated carbocycles. The standard InChI is InChI=1S/C5H3FO2/c6-5-2-1-4(3-7)8-5/h1-3H. The van der Waals surface area contributed by atoms with Crippen molar-refractivity contribution in [1.82, 2.24) is 0 Å². The molecular weight excluding hydrogens is 111 g/mol. The van der Waals surface area contributed by atoms with Crippen LogP contribution in [0.15, 0.2) is 16.5 Å². The zero-order valence-corrected chi connectivity index (χ0v) is 3.93. The van der Waals surface area contributed by atoms with Crippen LogP contribution in [0.1, 0.15) is 10.6 Å². The van der Waals surface area contributed by atoms with Gasteiger partial charge in [-0.1, -0.05) is 0 Å². The van der Waals surface area contributed by atoms with Gasteiger partial charge in [-0.15, -0.1) is 0 Å². The Balaban J connectivity index is 3.00. The molecule has 42 valence electrons. The van der Waals surface area contributed by atoms with Gasteiger partial charge in [-0.2, -0.15) is 4.39 Å². The first-order valence-electron chi connectivity index (χ1n) is 2.03. The van der Waals surface area contributed by atoms with Crippen LogP contribution in [0.3, 0.4) is 0 Å². The molecule has 0 aliphatic carbocycles. The van der Waals surface area contributed by atoms with E-state index in [0.29, 0.717) is 6.29 Å². The molecule has 0 aliphatic heterocycles. The third kappa shape index (κ3) is 0.753. The van der Waals surface area contributed by atoms with Crippen LogP contribution in [-0.4, -0.2) is 6.29 Å². The third-order valence-electron chi connectivity index (χ3n) is 0.710. The minimum atomic E-state index is -0.730. The van der Waals surface area contributed by atoms with Crippen LogP contribution in [0.4, 0.5) is 4.39 Å². The molecule has 0 fully saturated rings. The lowest BCUT2D eigenvalue weighted by Gasteiger charge is -1.72. The van der Waals surface area contributed by atoms with Gasteiger partial charge in [-0.25, -0.2) is 0 Å². The first-order valence-corrected chi connectivity index (χ1v) is 2.03. The predicted molar refractivity (Wildman–Crippen MR) is 24.1 cm³/mol. The number of halogens is 1. The van der Waals surface area contributed by atoms with Crippen molar-refractivity contribution in [2.24, 2.45) is 0 Å². The molecule has 8 heavy (non-hydrogen) atoms. The number of carbonyl (C=O) groups is 1. The molecule has 0 spiro atoms. The molecule has 3 heteroatoms. The quantitative estimate of drug-likeness (QED) is 0.514. The summed E-state index contributed by atoms with van der Waals surface area (Å²) in [4.78, 5) is 9.76. The highest BCUT2D eigenvalue weighted by Gasteiger charge is 1.95. The summed E-state index contributed by atoms with van der Waals surface area (Å²) in [7, 11) is 0. The highest BCUT2D eigenvalue weighted by Crippen LogP contribution is 2.01. The SMILES string of the molecule is O=Cc1ccc(F)o1. The number of furan rings is 1. The van der Waals surface area contributed by atoms with Crippen molar-refractivity contribution in [3.63, 3.8) is 0 Å². The largest absolute Gasteiger partial charge is 0.428 e. The van der Waals surface area contributed by atoms with E-state index in [-0.39, 0.29) is 5.76 Å². The van der Waals surface area contributed by atoms with E-state index < -0.39 is 6.01 Å². The third-order valence-corrected chi connectivity index (χ3v) is 0.710. The Hall–Kier alpha value is -1.12. The summed E-state index contributed by atoms with van der Waals surface area (Å²) >= 11 is 0. The van der Waals surface area contributed by atoms with Gasteiger partial charge in [0.2, 0.25) is 0 Å². The molecule has 1 aromatic rings. The number of hydrogen-bond donors (Lipinski definition) is 0. The second-order valence-electron chi connectivity index (χ2n) is 1.26. The molecule has 0 unspecified atom stereocenters. The van der Waals surface area contributed by atoms with Crippen molar-refractivity contribution < 1.29 is 13.6 Å². The molecule has 2 nitrogen and oxygen atoms in total. The Morgan fingerprint density at radius 1 is 1.62 bits per heavy atom. The van der Waals surface area contributed by atoms with E-state index in [0.717, 1.165) is 6.07 Å². The van der Waals surface area contributed by atoms with Crippen LogP contribution >= 0.6 is 0 Å². The highest BCUT2D eigenvalue weighted by atomic mass is 19.1. The molecule has 0 saturated heterocycles. The second kappa shape index (κ2) is 1.78. The molecule has 0 aromatic carbocycles. The van der Waals surface area contributed by atoms with Crippen molar-refractivity contribution in [3.8, 4) is 0 Å². The van der Waals surface area contributed by atoms with Crippen molar-refractivity contribution in [3.05, 3.63) is 23.9 Å². The summed E-state index contributed by atoms with van der Waals surface area (Å²) < 4.78 is 16.0. The Morgan fingerprint density at radius 3 is 2.62 bits per heavy atom. The molecular formula is C5H3FO2. The molecule has 1 rings (SSSR count). The Labute approximate surface area is 44.9 Å². The average Bonchev–Trinajstić information content (AvgIpc) is 2.14. The van der Waals surface area contributed by atoms with Crippen LogP contribution in [0, 0.1) is 6.01 Å². The molecule has 0 N–H and O–H groups in total. The second-order valence-corrected chi connectivity index (χ2v) is 1.26. The van der Waals surface area contributed by atoms with Gasteiger partial charge in [-0.05, 0) is 6.07 Å². The predicted octanol–water partition coefficient (Wildman–Crippen LogP) is 1.23. The smallest absolute Gasteiger partial charge is 0.278 e. The van der Waals surface area contributed by atoms with Crippen molar-refractivity contribution in [1.29, 1.82) is 0 Å². The summed E-state index contributed by atoms with van der Waals surface area (Å²) in [6, 6.07) is 1.62. The topological polar surface area (TPSA) is 30.2 Å². The maximum absolute atomic E-state index is 11.8. The molecule has 0 aliphatic rings. The molecule has 1 aromatic heterocycles. The highest BCUT2D eigenvalue weighted by molar-refractivity contribution is 5.70. The van der Waals surface area contributed by atoms with Gasteiger partial charge in [0, 0.05) is 6.07 Å². The summed E-state index contributed by atoms with van der Waals surface area (Å²) in [5.74, 6) is 0.0162. The lowest BCUT2D eigenvalue weighted by atomic mass is 10.5. The molecule has 0 bridgehead atoms. The summed E-state index contributed by atoms with van der Waals surface area (Å²) in [6.45, 7) is 0. The van der Waals surface area contributed by atoms with E-state index in [9.17, 15) is 9.18 Å². The van der Waals surface area contributed by atoms with Gasteiger partial charge in [0.25, 0.3) is 6.01 Å². The van der Waals surface area contributed by atoms with Gasteiger partial charge < -0.3 is 4.42 Å². The summed E-state index contributed by atoms with van der Waals surface area (Å²) in [5.41, 5.74) is 0. The van der Waals surface area contributed by atoms with E-state index in [2.05, 4.69) is 4.42 Å². The van der Waals surface area contributed by atoms with E-state index in [1.165, 1.54) is 6.07 Å². The van der Waals surface area contributed by atoms with Crippen molar-refractivity contribution >= 4 is 6.29 Å². The monoisotopic (exact) mass is 114 g/mol. The van der Waals surface area contributed by atoms with Gasteiger partial charge in [0.1, 0.15) is 0 Å². The maximum Gasteiger partial charge on any atom is 0.278 e. The minimum Gasteiger partial charge on any atom is -0.428 e. The van der Waals surface area contributed by atoms with E-state index in [4.69, 9.17) is 0 Å². The number of rotatable bonds is 1. The first kappa shape index (κ1) is 5.03. The summed E-state index contributed by atoms with van der Waals surface area (Å²) in [6.07, 6.45) is 0.447. The van der Waals surface area contributed by atoms with E-state index in [1.807, 2.05) is 0 Å². The fourth-order valence-electron chi connectivity index (χ4n) is 0.392. The number of hydrogen-bond acceptors (Lipinski definition) is 2. The van der Waals surface area contributed by atoms with Crippen molar-refractivity contribution in [2.75, 3.05) is 0 Å². The Kier molecular flexibility index (Phi) is 1.12. The Bertz CT molecular complexity index is 192. The van der Waals surface area contributed by atoms with Crippen LogP contribution in [0.25, 0.3) is 0 Å². The molecule has 0 amide bonds. The van der Waals surface area contributed by atoms with Crippen molar-refractivity contribution in [2.45, 2.75) is 0 Å².